The van der Waals surface area contributed by atoms with Crippen molar-refractivity contribution in [2.75, 3.05) is 0 Å². The van der Waals surface area contributed by atoms with Crippen LogP contribution in [0.15, 0.2) is 48.5 Å². The van der Waals surface area contributed by atoms with E-state index in [9.17, 15) is 21.0 Å². The standard InChI is InChI=1S/C20H11Cl2N5/c21-15-7-3-1-5-13(15)17-19(9-23,10-24)20(11-25,12-26)18(27-17)14-6-2-4-8-16(14)22/h1-8,17-18,27H/t17-,18+. The lowest BCUT2D eigenvalue weighted by atomic mass is 9.61. The fourth-order valence-electron chi connectivity index (χ4n) is 3.60. The highest BCUT2D eigenvalue weighted by molar-refractivity contribution is 6.31. The maximum atomic E-state index is 9.98. The van der Waals surface area contributed by atoms with Crippen LogP contribution in [0.2, 0.25) is 10.0 Å². The summed E-state index contributed by atoms with van der Waals surface area (Å²) < 4.78 is 0. The fourth-order valence-corrected chi connectivity index (χ4v) is 4.09. The number of nitrogens with zero attached hydrogens (tertiary/aromatic N) is 4. The van der Waals surface area contributed by atoms with E-state index in [1.54, 1.807) is 48.5 Å². The molecule has 0 spiro atoms. The lowest BCUT2D eigenvalue weighted by molar-refractivity contribution is 0.311. The van der Waals surface area contributed by atoms with Crippen molar-refractivity contribution in [3.8, 4) is 24.3 Å². The quantitative estimate of drug-likeness (QED) is 0.813. The Morgan fingerprint density at radius 1 is 0.667 bits per heavy atom. The summed E-state index contributed by atoms with van der Waals surface area (Å²) in [6, 6.07) is 19.3. The number of halogens is 2. The maximum absolute atomic E-state index is 9.98. The highest BCUT2D eigenvalue weighted by Crippen LogP contribution is 2.61. The van der Waals surface area contributed by atoms with Crippen LogP contribution in [0, 0.1) is 56.2 Å². The molecular formula is C20H11Cl2N5. The maximum Gasteiger partial charge on any atom is 0.196 e. The smallest absolute Gasteiger partial charge is 0.196 e. The van der Waals surface area contributed by atoms with E-state index in [1.165, 1.54) is 0 Å². The van der Waals surface area contributed by atoms with E-state index in [0.29, 0.717) is 21.2 Å². The second-order valence-electron chi connectivity index (χ2n) is 6.14. The molecule has 1 N–H and O–H groups in total. The Hall–Kier alpha value is -3.06. The molecule has 130 valence electrons. The first-order chi connectivity index (χ1) is 13.0. The van der Waals surface area contributed by atoms with Crippen molar-refractivity contribution in [1.82, 2.24) is 5.32 Å². The predicted molar refractivity (Wildman–Crippen MR) is 98.8 cm³/mol. The number of rotatable bonds is 2. The zero-order valence-corrected chi connectivity index (χ0v) is 15.3. The number of nitriles is 4. The van der Waals surface area contributed by atoms with Gasteiger partial charge in [-0.25, -0.2) is 0 Å². The van der Waals surface area contributed by atoms with Crippen LogP contribution >= 0.6 is 23.2 Å². The third-order valence-corrected chi connectivity index (χ3v) is 5.65. The van der Waals surface area contributed by atoms with Crippen LogP contribution < -0.4 is 5.32 Å². The molecule has 1 aliphatic heterocycles. The van der Waals surface area contributed by atoms with Crippen molar-refractivity contribution in [1.29, 1.82) is 21.0 Å². The van der Waals surface area contributed by atoms with Crippen LogP contribution in [-0.4, -0.2) is 0 Å². The minimum Gasteiger partial charge on any atom is -0.298 e. The molecule has 2 aromatic rings. The first kappa shape index (κ1) is 18.7. The molecule has 1 aliphatic rings. The topological polar surface area (TPSA) is 107 Å². The van der Waals surface area contributed by atoms with Crippen molar-refractivity contribution in [3.05, 3.63) is 69.7 Å². The lowest BCUT2D eigenvalue weighted by Crippen LogP contribution is -2.39. The van der Waals surface area contributed by atoms with E-state index in [4.69, 9.17) is 23.2 Å². The van der Waals surface area contributed by atoms with E-state index < -0.39 is 22.9 Å². The first-order valence-electron chi connectivity index (χ1n) is 7.91. The average Bonchev–Trinajstić information content (AvgIpc) is 2.99. The highest BCUT2D eigenvalue weighted by atomic mass is 35.5. The summed E-state index contributed by atoms with van der Waals surface area (Å²) in [7, 11) is 0. The molecule has 0 aliphatic carbocycles. The Morgan fingerprint density at radius 3 is 1.30 bits per heavy atom. The minimum absolute atomic E-state index is 0.328. The average molecular weight is 392 g/mol. The van der Waals surface area contributed by atoms with Gasteiger partial charge in [0.25, 0.3) is 0 Å². The van der Waals surface area contributed by atoms with Crippen molar-refractivity contribution >= 4 is 23.2 Å². The van der Waals surface area contributed by atoms with Gasteiger partial charge in [0.05, 0.1) is 36.4 Å². The Labute approximate surface area is 166 Å². The highest BCUT2D eigenvalue weighted by Gasteiger charge is 2.69. The summed E-state index contributed by atoms with van der Waals surface area (Å²) in [6.45, 7) is 0. The molecule has 0 unspecified atom stereocenters. The van der Waals surface area contributed by atoms with Crippen molar-refractivity contribution < 1.29 is 0 Å². The van der Waals surface area contributed by atoms with Gasteiger partial charge in [0.1, 0.15) is 0 Å². The summed E-state index contributed by atoms with van der Waals surface area (Å²) in [5.74, 6) is 0. The van der Waals surface area contributed by atoms with Crippen molar-refractivity contribution in [2.24, 2.45) is 10.8 Å². The molecule has 0 saturated carbocycles. The predicted octanol–water partition coefficient (Wildman–Crippen LogP) is 4.45. The van der Waals surface area contributed by atoms with Crippen LogP contribution in [0.1, 0.15) is 23.2 Å². The largest absolute Gasteiger partial charge is 0.298 e. The van der Waals surface area contributed by atoms with Crippen molar-refractivity contribution in [3.63, 3.8) is 0 Å². The molecule has 0 aromatic heterocycles. The van der Waals surface area contributed by atoms with Gasteiger partial charge in [0, 0.05) is 10.0 Å². The molecular weight excluding hydrogens is 381 g/mol. The van der Waals surface area contributed by atoms with Gasteiger partial charge in [-0.1, -0.05) is 59.6 Å². The zero-order chi connectivity index (χ0) is 19.7. The molecule has 2 aromatic carbocycles. The van der Waals surface area contributed by atoms with Gasteiger partial charge in [0.2, 0.25) is 0 Å². The number of hydrogen-bond donors (Lipinski definition) is 1. The van der Waals surface area contributed by atoms with Crippen LogP contribution in [0.3, 0.4) is 0 Å². The second-order valence-corrected chi connectivity index (χ2v) is 6.95. The van der Waals surface area contributed by atoms with Gasteiger partial charge < -0.3 is 0 Å². The summed E-state index contributed by atoms with van der Waals surface area (Å²) in [5.41, 5.74) is -3.06. The molecule has 5 nitrogen and oxygen atoms in total. The molecule has 0 amide bonds. The third kappa shape index (κ3) is 2.46. The molecule has 1 saturated heterocycles. The number of benzene rings is 2. The van der Waals surface area contributed by atoms with Gasteiger partial charge in [-0.3, -0.25) is 5.32 Å². The first-order valence-corrected chi connectivity index (χ1v) is 8.67. The van der Waals surface area contributed by atoms with Crippen LogP contribution in [0.4, 0.5) is 0 Å². The zero-order valence-electron chi connectivity index (χ0n) is 13.8. The number of nitrogens with one attached hydrogen (secondary N) is 1. The molecule has 7 heteroatoms. The Morgan fingerprint density at radius 2 is 1.00 bits per heavy atom. The van der Waals surface area contributed by atoms with Gasteiger partial charge in [0.15, 0.2) is 10.8 Å². The summed E-state index contributed by atoms with van der Waals surface area (Å²) in [4.78, 5) is 0. The van der Waals surface area contributed by atoms with Crippen molar-refractivity contribution in [2.45, 2.75) is 12.1 Å². The normalized spacial score (nSPS) is 22.0. The monoisotopic (exact) mass is 391 g/mol. The summed E-state index contributed by atoms with van der Waals surface area (Å²) >= 11 is 12.6. The van der Waals surface area contributed by atoms with Gasteiger partial charge in [-0.2, -0.15) is 21.0 Å². The third-order valence-electron chi connectivity index (χ3n) is 4.96. The van der Waals surface area contributed by atoms with Gasteiger partial charge in [-0.15, -0.1) is 0 Å². The van der Waals surface area contributed by atoms with E-state index in [0.717, 1.165) is 0 Å². The molecule has 1 heterocycles. The minimum atomic E-state index is -1.99. The Kier molecular flexibility index (Phi) is 4.80. The van der Waals surface area contributed by atoms with Gasteiger partial charge in [-0.05, 0) is 23.3 Å². The van der Waals surface area contributed by atoms with Gasteiger partial charge >= 0.3 is 0 Å². The molecule has 3 rings (SSSR count). The van der Waals surface area contributed by atoms with Crippen LogP contribution in [-0.2, 0) is 0 Å². The SMILES string of the molecule is N#CC1(C#N)[C@@H](c2ccccc2Cl)N[C@@H](c2ccccc2Cl)C1(C#N)C#N. The van der Waals surface area contributed by atoms with Crippen LogP contribution in [0.25, 0.3) is 0 Å². The molecule has 2 atom stereocenters. The van der Waals surface area contributed by atoms with E-state index in [2.05, 4.69) is 5.32 Å². The number of hydrogen-bond acceptors (Lipinski definition) is 5. The van der Waals surface area contributed by atoms with E-state index >= 15 is 0 Å². The molecule has 1 fully saturated rings. The molecule has 0 bridgehead atoms. The van der Waals surface area contributed by atoms with E-state index in [1.807, 2.05) is 24.3 Å². The summed E-state index contributed by atoms with van der Waals surface area (Å²) in [6.07, 6.45) is 0. The van der Waals surface area contributed by atoms with E-state index in [-0.39, 0.29) is 0 Å². The van der Waals surface area contributed by atoms with Crippen LogP contribution in [0.5, 0.6) is 0 Å². The Balaban J connectivity index is 2.34. The second kappa shape index (κ2) is 6.92. The Bertz CT molecular complexity index is 954. The summed E-state index contributed by atoms with van der Waals surface area (Å²) in [5, 5.41) is 43.7. The lowest BCUT2D eigenvalue weighted by Gasteiger charge is -2.29. The molecule has 0 radical (unpaired) electrons. The molecule has 27 heavy (non-hydrogen) atoms. The fraction of sp³-hybridized carbons (Fsp3) is 0.200.